The van der Waals surface area contributed by atoms with Crippen LogP contribution in [0.25, 0.3) is 0 Å². The van der Waals surface area contributed by atoms with Crippen molar-refractivity contribution in [2.45, 2.75) is 32.7 Å². The van der Waals surface area contributed by atoms with Gasteiger partial charge >= 0.3 is 0 Å². The van der Waals surface area contributed by atoms with Gasteiger partial charge in [-0.05, 0) is 57.4 Å². The van der Waals surface area contributed by atoms with Gasteiger partial charge in [0.05, 0.1) is 6.54 Å². The molecule has 0 bridgehead atoms. The predicted octanol–water partition coefficient (Wildman–Crippen LogP) is 2.80. The molecule has 1 amide bonds. The summed E-state index contributed by atoms with van der Waals surface area (Å²) in [7, 11) is 1.96. The van der Waals surface area contributed by atoms with Crippen molar-refractivity contribution < 1.29 is 9.18 Å². The van der Waals surface area contributed by atoms with Crippen molar-refractivity contribution in [1.29, 1.82) is 0 Å². The van der Waals surface area contributed by atoms with Crippen LogP contribution in [0.2, 0.25) is 0 Å². The first-order chi connectivity index (χ1) is 8.97. The largest absolute Gasteiger partial charge is 0.325 e. The van der Waals surface area contributed by atoms with Crippen molar-refractivity contribution in [3.63, 3.8) is 0 Å². The highest BCUT2D eigenvalue weighted by Crippen LogP contribution is 2.34. The van der Waals surface area contributed by atoms with Crippen LogP contribution in [0.4, 0.5) is 10.1 Å². The van der Waals surface area contributed by atoms with Crippen LogP contribution in [0.1, 0.15) is 25.3 Å². The lowest BCUT2D eigenvalue weighted by Gasteiger charge is -2.23. The number of carbonyl (C=O) groups is 1. The highest BCUT2D eigenvalue weighted by molar-refractivity contribution is 5.92. The van der Waals surface area contributed by atoms with Gasteiger partial charge in [0, 0.05) is 11.7 Å². The number of anilines is 1. The summed E-state index contributed by atoms with van der Waals surface area (Å²) in [6.45, 7) is 4.19. The Hall–Kier alpha value is -1.42. The molecular formula is C15H21FN2O. The van der Waals surface area contributed by atoms with Crippen LogP contribution in [0.3, 0.4) is 0 Å². The molecule has 0 aromatic heterocycles. The van der Waals surface area contributed by atoms with Gasteiger partial charge in [-0.25, -0.2) is 4.39 Å². The topological polar surface area (TPSA) is 32.3 Å². The third-order valence-corrected chi connectivity index (χ3v) is 3.85. The molecule has 0 heterocycles. The van der Waals surface area contributed by atoms with Gasteiger partial charge in [-0.2, -0.15) is 0 Å². The first-order valence-corrected chi connectivity index (χ1v) is 6.73. The molecule has 2 rings (SSSR count). The highest BCUT2D eigenvalue weighted by atomic mass is 19.1. The van der Waals surface area contributed by atoms with Gasteiger partial charge in [0.15, 0.2) is 0 Å². The van der Waals surface area contributed by atoms with Crippen molar-refractivity contribution in [3.8, 4) is 0 Å². The van der Waals surface area contributed by atoms with Crippen LogP contribution < -0.4 is 5.32 Å². The molecule has 1 fully saturated rings. The first kappa shape index (κ1) is 14.0. The predicted molar refractivity (Wildman–Crippen MR) is 74.6 cm³/mol. The fourth-order valence-electron chi connectivity index (χ4n) is 2.18. The van der Waals surface area contributed by atoms with Gasteiger partial charge in [-0.15, -0.1) is 0 Å². The van der Waals surface area contributed by atoms with E-state index in [0.717, 1.165) is 5.92 Å². The summed E-state index contributed by atoms with van der Waals surface area (Å²) in [5.41, 5.74) is 1.10. The van der Waals surface area contributed by atoms with Crippen molar-refractivity contribution in [2.24, 2.45) is 5.92 Å². The summed E-state index contributed by atoms with van der Waals surface area (Å²) in [5.74, 6) is 0.338. The number of hydrogen-bond donors (Lipinski definition) is 1. The molecule has 1 atom stereocenters. The Labute approximate surface area is 113 Å². The fraction of sp³-hybridized carbons (Fsp3) is 0.533. The number of nitrogens with zero attached hydrogens (tertiary/aromatic N) is 1. The van der Waals surface area contributed by atoms with E-state index in [9.17, 15) is 9.18 Å². The monoisotopic (exact) mass is 264 g/mol. The molecular weight excluding hydrogens is 243 g/mol. The van der Waals surface area contributed by atoms with Gasteiger partial charge in [0.2, 0.25) is 5.91 Å². The molecule has 1 unspecified atom stereocenters. The Morgan fingerprint density at radius 3 is 2.79 bits per heavy atom. The van der Waals surface area contributed by atoms with E-state index >= 15 is 0 Å². The SMILES string of the molecule is Cc1ccc(NC(=O)CN(C)C(C)C2CC2)cc1F. The summed E-state index contributed by atoms with van der Waals surface area (Å²) < 4.78 is 13.4. The zero-order valence-electron chi connectivity index (χ0n) is 11.7. The highest BCUT2D eigenvalue weighted by Gasteiger charge is 2.30. The van der Waals surface area contributed by atoms with Crippen LogP contribution in [0.15, 0.2) is 18.2 Å². The number of benzene rings is 1. The smallest absolute Gasteiger partial charge is 0.238 e. The minimum absolute atomic E-state index is 0.0988. The molecule has 0 radical (unpaired) electrons. The number of halogens is 1. The van der Waals surface area contributed by atoms with Gasteiger partial charge in [0.25, 0.3) is 0 Å². The molecule has 1 aliphatic rings. The number of nitrogens with one attached hydrogen (secondary N) is 1. The van der Waals surface area contributed by atoms with Crippen LogP contribution in [0, 0.1) is 18.7 Å². The normalized spacial score (nSPS) is 16.5. The Bertz CT molecular complexity index is 471. The maximum atomic E-state index is 13.4. The fourth-order valence-corrected chi connectivity index (χ4v) is 2.18. The number of rotatable bonds is 5. The maximum Gasteiger partial charge on any atom is 0.238 e. The summed E-state index contributed by atoms with van der Waals surface area (Å²) >= 11 is 0. The second-order valence-electron chi connectivity index (χ2n) is 5.51. The van der Waals surface area contributed by atoms with Crippen LogP contribution in [0.5, 0.6) is 0 Å². The molecule has 1 aromatic carbocycles. The second-order valence-corrected chi connectivity index (χ2v) is 5.51. The third-order valence-electron chi connectivity index (χ3n) is 3.85. The molecule has 3 nitrogen and oxygen atoms in total. The quantitative estimate of drug-likeness (QED) is 0.887. The lowest BCUT2D eigenvalue weighted by molar-refractivity contribution is -0.117. The summed E-state index contributed by atoms with van der Waals surface area (Å²) in [5, 5.41) is 2.73. The molecule has 1 aliphatic carbocycles. The zero-order valence-corrected chi connectivity index (χ0v) is 11.7. The van der Waals surface area contributed by atoms with Crippen molar-refractivity contribution >= 4 is 11.6 Å². The second kappa shape index (κ2) is 5.70. The molecule has 0 spiro atoms. The summed E-state index contributed by atoms with van der Waals surface area (Å²) in [6, 6.07) is 5.18. The third kappa shape index (κ3) is 3.77. The molecule has 1 aromatic rings. The average Bonchev–Trinajstić information content (AvgIpc) is 3.17. The Balaban J connectivity index is 1.87. The number of amides is 1. The van der Waals surface area contributed by atoms with E-state index in [1.54, 1.807) is 19.1 Å². The van der Waals surface area contributed by atoms with Crippen molar-refractivity contribution in [2.75, 3.05) is 18.9 Å². The molecule has 0 aliphatic heterocycles. The average molecular weight is 264 g/mol. The molecule has 19 heavy (non-hydrogen) atoms. The summed E-state index contributed by atoms with van der Waals surface area (Å²) in [6.07, 6.45) is 2.52. The first-order valence-electron chi connectivity index (χ1n) is 6.73. The van der Waals surface area contributed by atoms with E-state index in [1.807, 2.05) is 7.05 Å². The lowest BCUT2D eigenvalue weighted by Crippen LogP contribution is -2.37. The van der Waals surface area contributed by atoms with E-state index in [2.05, 4.69) is 17.1 Å². The molecule has 104 valence electrons. The zero-order chi connectivity index (χ0) is 14.0. The van der Waals surface area contributed by atoms with Crippen LogP contribution in [-0.2, 0) is 4.79 Å². The van der Waals surface area contributed by atoms with Gasteiger partial charge in [-0.1, -0.05) is 6.07 Å². The number of hydrogen-bond acceptors (Lipinski definition) is 2. The Morgan fingerprint density at radius 2 is 2.21 bits per heavy atom. The van der Waals surface area contributed by atoms with Crippen LogP contribution in [-0.4, -0.2) is 30.4 Å². The molecule has 0 saturated heterocycles. The molecule has 1 saturated carbocycles. The van der Waals surface area contributed by atoms with E-state index in [4.69, 9.17) is 0 Å². The number of carbonyl (C=O) groups excluding carboxylic acids is 1. The Morgan fingerprint density at radius 1 is 1.53 bits per heavy atom. The molecule has 1 N–H and O–H groups in total. The van der Waals surface area contributed by atoms with E-state index in [1.165, 1.54) is 18.9 Å². The standard InChI is InChI=1S/C15H21FN2O/c1-10-4-7-13(8-14(10)16)17-15(19)9-18(3)11(2)12-5-6-12/h4,7-8,11-12H,5-6,9H2,1-3H3,(H,17,19). The molecule has 4 heteroatoms. The maximum absolute atomic E-state index is 13.4. The van der Waals surface area contributed by atoms with E-state index in [-0.39, 0.29) is 11.7 Å². The van der Waals surface area contributed by atoms with E-state index in [0.29, 0.717) is 23.8 Å². The van der Waals surface area contributed by atoms with E-state index < -0.39 is 0 Å². The van der Waals surface area contributed by atoms with Crippen molar-refractivity contribution in [3.05, 3.63) is 29.6 Å². The Kier molecular flexibility index (Phi) is 4.20. The van der Waals surface area contributed by atoms with Crippen molar-refractivity contribution in [1.82, 2.24) is 4.90 Å². The van der Waals surface area contributed by atoms with Gasteiger partial charge in [-0.3, -0.25) is 9.69 Å². The van der Waals surface area contributed by atoms with Gasteiger partial charge in [0.1, 0.15) is 5.82 Å². The number of aryl methyl sites for hydroxylation is 1. The van der Waals surface area contributed by atoms with Gasteiger partial charge < -0.3 is 5.32 Å². The van der Waals surface area contributed by atoms with Crippen LogP contribution >= 0.6 is 0 Å². The lowest BCUT2D eigenvalue weighted by atomic mass is 10.2. The minimum Gasteiger partial charge on any atom is -0.325 e. The minimum atomic E-state index is -0.294. The summed E-state index contributed by atoms with van der Waals surface area (Å²) in [4.78, 5) is 13.9. The number of likely N-dealkylation sites (N-methyl/N-ethyl adjacent to an activating group) is 1.